The number of hydrogen-bond donors (Lipinski definition) is 1. The third kappa shape index (κ3) is 2.88. The lowest BCUT2D eigenvalue weighted by Crippen LogP contribution is -2.07. The summed E-state index contributed by atoms with van der Waals surface area (Å²) in [5.74, 6) is 0. The molecule has 0 spiro atoms. The predicted octanol–water partition coefficient (Wildman–Crippen LogP) is 8.53. The van der Waals surface area contributed by atoms with Crippen LogP contribution in [0.1, 0.15) is 22.3 Å². The number of benzene rings is 7. The average Bonchev–Trinajstić information content (AvgIpc) is 2.86. The van der Waals surface area contributed by atoms with Crippen molar-refractivity contribution in [1.29, 1.82) is 0 Å². The number of nitrogen functional groups attached to an aromatic ring is 1. The van der Waals surface area contributed by atoms with Crippen LogP contribution in [-0.4, -0.2) is 0 Å². The molecule has 7 aromatic rings. The molecule has 0 bridgehead atoms. The highest BCUT2D eigenvalue weighted by Gasteiger charge is 2.17. The van der Waals surface area contributed by atoms with Gasteiger partial charge in [0.15, 0.2) is 0 Å². The molecule has 35 heavy (non-hydrogen) atoms. The van der Waals surface area contributed by atoms with Crippen LogP contribution in [0.25, 0.3) is 53.9 Å². The summed E-state index contributed by atoms with van der Waals surface area (Å²) in [6.07, 6.45) is 2.01. The van der Waals surface area contributed by atoms with E-state index in [2.05, 4.69) is 91.0 Å². The minimum atomic E-state index is 0.836. The molecule has 0 aliphatic heterocycles. The lowest BCUT2D eigenvalue weighted by Gasteiger charge is -2.21. The molecule has 0 saturated heterocycles. The van der Waals surface area contributed by atoms with Gasteiger partial charge in [0.2, 0.25) is 0 Å². The summed E-state index contributed by atoms with van der Waals surface area (Å²) in [5.41, 5.74) is 12.9. The molecule has 0 saturated carbocycles. The molecular weight excluding hydrogens is 422 g/mol. The maximum Gasteiger partial charge on any atom is 0.0393 e. The fourth-order valence-electron chi connectivity index (χ4n) is 6.10. The molecule has 0 heterocycles. The van der Waals surface area contributed by atoms with Gasteiger partial charge in [-0.05, 0) is 126 Å². The van der Waals surface area contributed by atoms with Crippen molar-refractivity contribution in [3.05, 3.63) is 125 Å². The molecular formula is C34H23N. The Hall–Kier alpha value is -4.36. The Morgan fingerprint density at radius 1 is 0.371 bits per heavy atom. The highest BCUT2D eigenvalue weighted by atomic mass is 14.5. The lowest BCUT2D eigenvalue weighted by molar-refractivity contribution is 1.01. The summed E-state index contributed by atoms with van der Waals surface area (Å²) < 4.78 is 0. The maximum absolute atomic E-state index is 6.26. The van der Waals surface area contributed by atoms with Gasteiger partial charge in [0.1, 0.15) is 0 Å². The van der Waals surface area contributed by atoms with Crippen molar-refractivity contribution >= 4 is 59.5 Å². The van der Waals surface area contributed by atoms with E-state index in [9.17, 15) is 0 Å². The first-order chi connectivity index (χ1) is 17.2. The molecule has 0 fully saturated rings. The van der Waals surface area contributed by atoms with E-state index >= 15 is 0 Å². The van der Waals surface area contributed by atoms with Gasteiger partial charge in [0.25, 0.3) is 0 Å². The molecule has 164 valence electrons. The van der Waals surface area contributed by atoms with Gasteiger partial charge in [0, 0.05) is 11.1 Å². The zero-order valence-corrected chi connectivity index (χ0v) is 19.3. The van der Waals surface area contributed by atoms with Crippen LogP contribution in [0.5, 0.6) is 0 Å². The second-order valence-electron chi connectivity index (χ2n) is 10.1. The molecule has 0 aromatic heterocycles. The van der Waals surface area contributed by atoms with Gasteiger partial charge in [-0.1, -0.05) is 60.7 Å². The second kappa shape index (κ2) is 6.84. The van der Waals surface area contributed by atoms with E-state index in [1.165, 1.54) is 70.7 Å². The minimum absolute atomic E-state index is 0.836. The van der Waals surface area contributed by atoms with Gasteiger partial charge >= 0.3 is 0 Å². The number of fused-ring (bicyclic) bond motifs is 7. The van der Waals surface area contributed by atoms with Crippen LogP contribution in [0.3, 0.4) is 0 Å². The number of nitrogens with two attached hydrogens (primary N) is 1. The van der Waals surface area contributed by atoms with Gasteiger partial charge in [0.05, 0.1) is 0 Å². The Morgan fingerprint density at radius 2 is 0.771 bits per heavy atom. The SMILES string of the molecule is Nc1cccc2cc3cc4cc5cc6c(cc5cc4cc3cc12)Cc1cc2ccccc2cc1C6. The van der Waals surface area contributed by atoms with Gasteiger partial charge in [-0.3, -0.25) is 0 Å². The number of rotatable bonds is 0. The van der Waals surface area contributed by atoms with E-state index in [4.69, 9.17) is 5.73 Å². The summed E-state index contributed by atoms with van der Waals surface area (Å²) in [4.78, 5) is 0. The van der Waals surface area contributed by atoms with Gasteiger partial charge in [-0.25, -0.2) is 0 Å². The van der Waals surface area contributed by atoms with Crippen LogP contribution in [-0.2, 0) is 12.8 Å². The van der Waals surface area contributed by atoms with E-state index < -0.39 is 0 Å². The second-order valence-corrected chi connectivity index (χ2v) is 10.1. The third-order valence-corrected chi connectivity index (χ3v) is 7.93. The van der Waals surface area contributed by atoms with Crippen LogP contribution in [0, 0.1) is 0 Å². The zero-order valence-electron chi connectivity index (χ0n) is 19.3. The number of hydrogen-bond acceptors (Lipinski definition) is 1. The maximum atomic E-state index is 6.26. The molecule has 0 amide bonds. The smallest absolute Gasteiger partial charge is 0.0393 e. The van der Waals surface area contributed by atoms with Gasteiger partial charge in [-0.2, -0.15) is 0 Å². The standard InChI is InChI=1S/C34H23N/c35-34-7-3-6-22-10-25-13-28-16-29-14-26-11-23-8-20-4-1-2-5-21(20)9-24(23)12-27(26)15-30(29)17-31(28)18-32(25)19-33(22)34/h1-10,13-19H,11-12,35H2. The average molecular weight is 446 g/mol. The lowest BCUT2D eigenvalue weighted by atomic mass is 9.83. The van der Waals surface area contributed by atoms with Crippen molar-refractivity contribution in [3.8, 4) is 0 Å². The highest BCUT2D eigenvalue weighted by molar-refractivity contribution is 6.10. The Morgan fingerprint density at radius 3 is 1.31 bits per heavy atom. The minimum Gasteiger partial charge on any atom is -0.398 e. The van der Waals surface area contributed by atoms with Crippen molar-refractivity contribution in [2.75, 3.05) is 5.73 Å². The van der Waals surface area contributed by atoms with E-state index in [-0.39, 0.29) is 0 Å². The zero-order chi connectivity index (χ0) is 23.1. The Labute approximate surface area is 203 Å². The molecule has 7 aromatic carbocycles. The monoisotopic (exact) mass is 445 g/mol. The normalized spacial score (nSPS) is 13.0. The fourth-order valence-corrected chi connectivity index (χ4v) is 6.10. The molecule has 0 atom stereocenters. The molecule has 2 N–H and O–H groups in total. The highest BCUT2D eigenvalue weighted by Crippen LogP contribution is 2.36. The van der Waals surface area contributed by atoms with Crippen molar-refractivity contribution in [2.45, 2.75) is 12.8 Å². The van der Waals surface area contributed by atoms with Crippen LogP contribution in [0.15, 0.2) is 103 Å². The Bertz CT molecular complexity index is 2010. The van der Waals surface area contributed by atoms with E-state index in [1.807, 2.05) is 12.1 Å². The molecule has 0 radical (unpaired) electrons. The predicted molar refractivity (Wildman–Crippen MR) is 150 cm³/mol. The molecule has 1 nitrogen and oxygen atoms in total. The Balaban J connectivity index is 1.31. The largest absolute Gasteiger partial charge is 0.398 e. The topological polar surface area (TPSA) is 26.0 Å². The van der Waals surface area contributed by atoms with Crippen molar-refractivity contribution in [2.24, 2.45) is 0 Å². The summed E-state index contributed by atoms with van der Waals surface area (Å²) in [5, 5.41) is 12.7. The summed E-state index contributed by atoms with van der Waals surface area (Å²) in [6.45, 7) is 0. The third-order valence-electron chi connectivity index (χ3n) is 7.93. The van der Waals surface area contributed by atoms with Gasteiger partial charge in [-0.15, -0.1) is 0 Å². The van der Waals surface area contributed by atoms with Crippen molar-refractivity contribution in [1.82, 2.24) is 0 Å². The first kappa shape index (κ1) is 19.0. The molecule has 1 heteroatoms. The Kier molecular flexibility index (Phi) is 3.71. The van der Waals surface area contributed by atoms with Crippen LogP contribution in [0.2, 0.25) is 0 Å². The summed E-state index contributed by atoms with van der Waals surface area (Å²) >= 11 is 0. The van der Waals surface area contributed by atoms with Crippen LogP contribution in [0.4, 0.5) is 5.69 Å². The molecule has 1 aliphatic carbocycles. The van der Waals surface area contributed by atoms with Crippen molar-refractivity contribution < 1.29 is 0 Å². The van der Waals surface area contributed by atoms with E-state index in [0.29, 0.717) is 0 Å². The fraction of sp³-hybridized carbons (Fsp3) is 0.0588. The number of anilines is 1. The molecule has 1 aliphatic rings. The first-order valence-electron chi connectivity index (χ1n) is 12.3. The molecule has 8 rings (SSSR count). The van der Waals surface area contributed by atoms with E-state index in [1.54, 1.807) is 0 Å². The first-order valence-corrected chi connectivity index (χ1v) is 12.3. The van der Waals surface area contributed by atoms with Gasteiger partial charge < -0.3 is 5.73 Å². The van der Waals surface area contributed by atoms with Crippen molar-refractivity contribution in [3.63, 3.8) is 0 Å². The van der Waals surface area contributed by atoms with Crippen LogP contribution >= 0.6 is 0 Å². The van der Waals surface area contributed by atoms with Crippen LogP contribution < -0.4 is 5.73 Å². The summed E-state index contributed by atoms with van der Waals surface area (Å²) in [7, 11) is 0. The molecule has 0 unspecified atom stereocenters. The summed E-state index contributed by atoms with van der Waals surface area (Å²) in [6, 6.07) is 38.3. The van der Waals surface area contributed by atoms with E-state index in [0.717, 1.165) is 23.9 Å². The quantitative estimate of drug-likeness (QED) is 0.184.